The molecule has 1 aliphatic carbocycles. The molecule has 4 heteroatoms. The lowest BCUT2D eigenvalue weighted by Gasteiger charge is -2.47. The van der Waals surface area contributed by atoms with Gasteiger partial charge in [0.05, 0.1) is 18.1 Å². The lowest BCUT2D eigenvalue weighted by atomic mass is 9.65. The summed E-state index contributed by atoms with van der Waals surface area (Å²) >= 11 is 0. The van der Waals surface area contributed by atoms with Gasteiger partial charge in [0.1, 0.15) is 5.60 Å². The Morgan fingerprint density at radius 2 is 2.12 bits per heavy atom. The van der Waals surface area contributed by atoms with Gasteiger partial charge in [0.2, 0.25) is 0 Å². The molecule has 1 saturated carbocycles. The van der Waals surface area contributed by atoms with Crippen molar-refractivity contribution in [2.45, 2.75) is 58.2 Å². The summed E-state index contributed by atoms with van der Waals surface area (Å²) in [4.78, 5) is 12.0. The van der Waals surface area contributed by atoms with Gasteiger partial charge in [-0.2, -0.15) is 0 Å². The molecule has 100 valence electrons. The number of esters is 1. The Labute approximate surface area is 103 Å². The number of ether oxygens (including phenoxy) is 2. The minimum atomic E-state index is -1.13. The number of carbonyl (C=O) groups is 1. The van der Waals surface area contributed by atoms with E-state index >= 15 is 0 Å². The average molecular weight is 244 g/mol. The first-order valence-corrected chi connectivity index (χ1v) is 6.32. The van der Waals surface area contributed by atoms with Gasteiger partial charge in [0.15, 0.2) is 0 Å². The van der Waals surface area contributed by atoms with E-state index in [1.165, 1.54) is 0 Å². The van der Waals surface area contributed by atoms with Crippen LogP contribution < -0.4 is 0 Å². The average Bonchev–Trinajstić information content (AvgIpc) is 2.29. The molecule has 0 amide bonds. The van der Waals surface area contributed by atoms with Gasteiger partial charge in [-0.1, -0.05) is 12.8 Å². The van der Waals surface area contributed by atoms with E-state index in [-0.39, 0.29) is 12.1 Å². The summed E-state index contributed by atoms with van der Waals surface area (Å²) < 4.78 is 10.4. The van der Waals surface area contributed by atoms with Crippen LogP contribution in [0, 0.1) is 5.41 Å². The van der Waals surface area contributed by atoms with E-state index in [0.29, 0.717) is 13.0 Å². The third kappa shape index (κ3) is 2.47. The topological polar surface area (TPSA) is 55.8 Å². The highest BCUT2D eigenvalue weighted by atomic mass is 16.5. The molecule has 2 unspecified atom stereocenters. The lowest BCUT2D eigenvalue weighted by molar-refractivity contribution is -0.201. The molecule has 0 radical (unpaired) electrons. The predicted octanol–water partition coefficient (Wildman–Crippen LogP) is 1.90. The Morgan fingerprint density at radius 3 is 2.65 bits per heavy atom. The molecule has 0 aromatic heterocycles. The van der Waals surface area contributed by atoms with Gasteiger partial charge in [-0.05, 0) is 33.6 Å². The van der Waals surface area contributed by atoms with Crippen LogP contribution in [-0.2, 0) is 14.3 Å². The summed E-state index contributed by atoms with van der Waals surface area (Å²) in [6.45, 7) is 5.58. The third-order valence-electron chi connectivity index (χ3n) is 3.96. The van der Waals surface area contributed by atoms with Crippen LogP contribution in [0.2, 0.25) is 0 Å². The van der Waals surface area contributed by atoms with Crippen molar-refractivity contribution >= 4 is 5.97 Å². The van der Waals surface area contributed by atoms with Crippen molar-refractivity contribution in [1.29, 1.82) is 0 Å². The van der Waals surface area contributed by atoms with Gasteiger partial charge in [0.25, 0.3) is 0 Å². The molecule has 1 aliphatic rings. The maximum Gasteiger partial charge on any atom is 0.314 e. The summed E-state index contributed by atoms with van der Waals surface area (Å²) in [5.74, 6) is -0.355. The molecule has 0 aromatic carbocycles. The Morgan fingerprint density at radius 1 is 1.47 bits per heavy atom. The van der Waals surface area contributed by atoms with E-state index in [2.05, 4.69) is 0 Å². The number of methoxy groups -OCH3 is 1. The van der Waals surface area contributed by atoms with E-state index in [0.717, 1.165) is 19.3 Å². The second kappa shape index (κ2) is 5.36. The Balaban J connectivity index is 2.95. The molecular formula is C13H24O4. The number of aliphatic hydroxyl groups is 1. The van der Waals surface area contributed by atoms with E-state index in [4.69, 9.17) is 9.47 Å². The Bertz CT molecular complexity index is 275. The Hall–Kier alpha value is -0.610. The second-order valence-electron chi connectivity index (χ2n) is 5.24. The van der Waals surface area contributed by atoms with Gasteiger partial charge in [-0.3, -0.25) is 4.79 Å². The zero-order valence-corrected chi connectivity index (χ0v) is 11.3. The number of rotatable bonds is 4. The van der Waals surface area contributed by atoms with Crippen LogP contribution in [0.15, 0.2) is 0 Å². The summed E-state index contributed by atoms with van der Waals surface area (Å²) in [6, 6.07) is 0. The zero-order valence-electron chi connectivity index (χ0n) is 11.3. The second-order valence-corrected chi connectivity index (χ2v) is 5.24. The van der Waals surface area contributed by atoms with Crippen molar-refractivity contribution in [2.24, 2.45) is 5.41 Å². The molecule has 0 aromatic rings. The quantitative estimate of drug-likeness (QED) is 0.767. The molecule has 0 saturated heterocycles. The molecule has 1 rings (SSSR count). The summed E-state index contributed by atoms with van der Waals surface area (Å²) in [5, 5.41) is 10.8. The lowest BCUT2D eigenvalue weighted by Crippen LogP contribution is -2.59. The fraction of sp³-hybridized carbons (Fsp3) is 0.923. The van der Waals surface area contributed by atoms with Crippen LogP contribution in [0.4, 0.5) is 0 Å². The summed E-state index contributed by atoms with van der Waals surface area (Å²) in [7, 11) is 1.59. The molecule has 0 heterocycles. The van der Waals surface area contributed by atoms with Crippen molar-refractivity contribution in [3.8, 4) is 0 Å². The largest absolute Gasteiger partial charge is 0.465 e. The minimum Gasteiger partial charge on any atom is -0.465 e. The number of carbonyl (C=O) groups excluding carboxylic acids is 1. The van der Waals surface area contributed by atoms with Gasteiger partial charge in [-0.15, -0.1) is 0 Å². The monoisotopic (exact) mass is 244 g/mol. The molecule has 1 N–H and O–H groups in total. The number of hydrogen-bond donors (Lipinski definition) is 1. The van der Waals surface area contributed by atoms with Crippen LogP contribution in [0.25, 0.3) is 0 Å². The molecule has 4 nitrogen and oxygen atoms in total. The maximum absolute atomic E-state index is 12.0. The van der Waals surface area contributed by atoms with E-state index in [1.807, 2.05) is 0 Å². The predicted molar refractivity (Wildman–Crippen MR) is 64.6 cm³/mol. The molecule has 0 bridgehead atoms. The van der Waals surface area contributed by atoms with Crippen LogP contribution in [0.5, 0.6) is 0 Å². The van der Waals surface area contributed by atoms with Crippen molar-refractivity contribution in [2.75, 3.05) is 13.7 Å². The third-order valence-corrected chi connectivity index (χ3v) is 3.96. The number of hydrogen-bond acceptors (Lipinski definition) is 4. The van der Waals surface area contributed by atoms with Gasteiger partial charge >= 0.3 is 5.97 Å². The molecule has 0 spiro atoms. The first-order chi connectivity index (χ1) is 7.90. The van der Waals surface area contributed by atoms with Gasteiger partial charge in [-0.25, -0.2) is 0 Å². The molecule has 0 aliphatic heterocycles. The first kappa shape index (κ1) is 14.5. The van der Waals surface area contributed by atoms with Gasteiger partial charge in [0, 0.05) is 7.11 Å². The zero-order chi connectivity index (χ0) is 13.1. The summed E-state index contributed by atoms with van der Waals surface area (Å²) in [5.41, 5.74) is -2.07. The minimum absolute atomic E-state index is 0.296. The van der Waals surface area contributed by atoms with Crippen molar-refractivity contribution in [3.05, 3.63) is 0 Å². The first-order valence-electron chi connectivity index (χ1n) is 6.32. The molecule has 17 heavy (non-hydrogen) atoms. The fourth-order valence-corrected chi connectivity index (χ4v) is 2.64. The van der Waals surface area contributed by atoms with E-state index in [9.17, 15) is 9.90 Å². The summed E-state index contributed by atoms with van der Waals surface area (Å²) in [6.07, 6.45) is 3.02. The molecular weight excluding hydrogens is 220 g/mol. The highest BCUT2D eigenvalue weighted by Gasteiger charge is 2.55. The smallest absolute Gasteiger partial charge is 0.314 e. The highest BCUT2D eigenvalue weighted by Crippen LogP contribution is 2.44. The maximum atomic E-state index is 12.0. The standard InChI is InChI=1S/C13H24O4/c1-5-17-11(14)12(2,3)13(15)9-7-6-8-10(13)16-4/h10,15H,5-9H2,1-4H3. The normalized spacial score (nSPS) is 30.1. The van der Waals surface area contributed by atoms with E-state index in [1.54, 1.807) is 27.9 Å². The fourth-order valence-electron chi connectivity index (χ4n) is 2.64. The molecule has 2 atom stereocenters. The van der Waals surface area contributed by atoms with Crippen LogP contribution in [-0.4, -0.2) is 36.5 Å². The van der Waals surface area contributed by atoms with Crippen LogP contribution >= 0.6 is 0 Å². The highest BCUT2D eigenvalue weighted by molar-refractivity contribution is 5.77. The Kier molecular flexibility index (Phi) is 4.55. The van der Waals surface area contributed by atoms with Crippen molar-refractivity contribution in [1.82, 2.24) is 0 Å². The van der Waals surface area contributed by atoms with E-state index < -0.39 is 11.0 Å². The molecule has 1 fully saturated rings. The van der Waals surface area contributed by atoms with Crippen LogP contribution in [0.3, 0.4) is 0 Å². The van der Waals surface area contributed by atoms with Crippen LogP contribution in [0.1, 0.15) is 46.5 Å². The van der Waals surface area contributed by atoms with Gasteiger partial charge < -0.3 is 14.6 Å². The van der Waals surface area contributed by atoms with Crippen molar-refractivity contribution in [3.63, 3.8) is 0 Å². The SMILES string of the molecule is CCOC(=O)C(C)(C)C1(O)CCCCC1OC. The van der Waals surface area contributed by atoms with Crippen molar-refractivity contribution < 1.29 is 19.4 Å².